The quantitative estimate of drug-likeness (QED) is 0.761. The first-order chi connectivity index (χ1) is 7.19. The molecule has 0 N–H and O–H groups in total. The number of ketones is 1. The van der Waals surface area contributed by atoms with Crippen LogP contribution in [-0.4, -0.2) is 12.9 Å². The molecule has 1 rings (SSSR count). The molecule has 0 heterocycles. The van der Waals surface area contributed by atoms with Gasteiger partial charge in [0.2, 0.25) is 0 Å². The number of hydrogen-bond donors (Lipinski definition) is 0. The highest BCUT2D eigenvalue weighted by molar-refractivity contribution is 9.10. The van der Waals surface area contributed by atoms with Gasteiger partial charge in [-0.1, -0.05) is 13.3 Å². The van der Waals surface area contributed by atoms with Crippen LogP contribution in [0.15, 0.2) is 22.7 Å². The predicted molar refractivity (Wildman–Crippen MR) is 64.5 cm³/mol. The Kier molecular flexibility index (Phi) is 4.82. The molecule has 0 aliphatic carbocycles. The van der Waals surface area contributed by atoms with Crippen molar-refractivity contribution in [2.75, 3.05) is 7.11 Å². The summed E-state index contributed by atoms with van der Waals surface area (Å²) in [6.07, 6.45) is 2.61. The molecule has 3 heteroatoms. The molecule has 0 bridgehead atoms. The Balaban J connectivity index is 2.78. The minimum atomic E-state index is 0.195. The summed E-state index contributed by atoms with van der Waals surface area (Å²) in [6, 6.07) is 5.43. The molecule has 0 aliphatic heterocycles. The predicted octanol–water partition coefficient (Wildman–Crippen LogP) is 3.83. The van der Waals surface area contributed by atoms with Crippen molar-refractivity contribution in [2.24, 2.45) is 0 Å². The molecule has 0 unspecified atom stereocenters. The van der Waals surface area contributed by atoms with Gasteiger partial charge in [-0.25, -0.2) is 0 Å². The van der Waals surface area contributed by atoms with Crippen LogP contribution in [0.5, 0.6) is 5.75 Å². The fraction of sp³-hybridized carbons (Fsp3) is 0.417. The molecule has 2 nitrogen and oxygen atoms in total. The fourth-order valence-electron chi connectivity index (χ4n) is 1.32. The Hall–Kier alpha value is -0.830. The Bertz CT molecular complexity index is 347. The minimum absolute atomic E-state index is 0.195. The van der Waals surface area contributed by atoms with Gasteiger partial charge in [0.15, 0.2) is 5.78 Å². The number of unbranched alkanes of at least 4 members (excludes halogenated alkanes) is 1. The van der Waals surface area contributed by atoms with Crippen molar-refractivity contribution < 1.29 is 9.53 Å². The summed E-state index contributed by atoms with van der Waals surface area (Å²) in [4.78, 5) is 11.7. The van der Waals surface area contributed by atoms with Crippen molar-refractivity contribution in [3.05, 3.63) is 28.2 Å². The monoisotopic (exact) mass is 270 g/mol. The molecule has 15 heavy (non-hydrogen) atoms. The van der Waals surface area contributed by atoms with Gasteiger partial charge in [0.1, 0.15) is 5.75 Å². The van der Waals surface area contributed by atoms with E-state index in [2.05, 4.69) is 22.9 Å². The van der Waals surface area contributed by atoms with E-state index in [-0.39, 0.29) is 5.78 Å². The molecule has 0 saturated carbocycles. The summed E-state index contributed by atoms with van der Waals surface area (Å²) < 4.78 is 5.93. The normalized spacial score (nSPS) is 10.1. The first kappa shape index (κ1) is 12.2. The maximum absolute atomic E-state index is 11.7. The zero-order chi connectivity index (χ0) is 11.3. The molecule has 1 aromatic carbocycles. The van der Waals surface area contributed by atoms with Crippen LogP contribution in [0.1, 0.15) is 36.5 Å². The number of benzene rings is 1. The number of rotatable bonds is 5. The highest BCUT2D eigenvalue weighted by Crippen LogP contribution is 2.26. The van der Waals surface area contributed by atoms with Crippen LogP contribution in [-0.2, 0) is 0 Å². The van der Waals surface area contributed by atoms with Crippen LogP contribution in [0.3, 0.4) is 0 Å². The smallest absolute Gasteiger partial charge is 0.162 e. The third-order valence-corrected chi connectivity index (χ3v) is 2.85. The van der Waals surface area contributed by atoms with E-state index in [0.717, 1.165) is 28.6 Å². The number of hydrogen-bond acceptors (Lipinski definition) is 2. The van der Waals surface area contributed by atoms with Crippen molar-refractivity contribution >= 4 is 21.7 Å². The molecule has 0 fully saturated rings. The summed E-state index contributed by atoms with van der Waals surface area (Å²) in [6.45, 7) is 2.08. The standard InChI is InChI=1S/C12H15BrO2/c1-3-4-5-11(14)9-6-7-12(15-2)10(13)8-9/h6-8H,3-5H2,1-2H3. The van der Waals surface area contributed by atoms with Gasteiger partial charge in [-0.15, -0.1) is 0 Å². The number of carbonyl (C=O) groups is 1. The number of ether oxygens (including phenoxy) is 1. The van der Waals surface area contributed by atoms with E-state index in [1.54, 1.807) is 7.11 Å². The van der Waals surface area contributed by atoms with Crippen molar-refractivity contribution in [3.63, 3.8) is 0 Å². The second kappa shape index (κ2) is 5.91. The average Bonchev–Trinajstić information content (AvgIpc) is 2.25. The molecule has 0 atom stereocenters. The average molecular weight is 271 g/mol. The van der Waals surface area contributed by atoms with E-state index < -0.39 is 0 Å². The third kappa shape index (κ3) is 3.34. The van der Waals surface area contributed by atoms with Gasteiger partial charge in [-0.3, -0.25) is 4.79 Å². The second-order valence-corrected chi connectivity index (χ2v) is 4.23. The molecular weight excluding hydrogens is 256 g/mol. The molecule has 1 aromatic rings. The number of Topliss-reactive ketones (excluding diaryl/α,β-unsaturated/α-hetero) is 1. The SMILES string of the molecule is CCCCC(=O)c1ccc(OC)c(Br)c1. The van der Waals surface area contributed by atoms with Crippen molar-refractivity contribution in [2.45, 2.75) is 26.2 Å². The fourth-order valence-corrected chi connectivity index (χ4v) is 1.86. The van der Waals surface area contributed by atoms with E-state index in [4.69, 9.17) is 4.74 Å². The summed E-state index contributed by atoms with van der Waals surface area (Å²) in [5.41, 5.74) is 0.746. The van der Waals surface area contributed by atoms with Crippen LogP contribution < -0.4 is 4.74 Å². The molecule has 82 valence electrons. The molecular formula is C12H15BrO2. The maximum Gasteiger partial charge on any atom is 0.162 e. The first-order valence-corrected chi connectivity index (χ1v) is 5.85. The van der Waals surface area contributed by atoms with E-state index >= 15 is 0 Å². The van der Waals surface area contributed by atoms with E-state index in [0.29, 0.717) is 6.42 Å². The van der Waals surface area contributed by atoms with Crippen LogP contribution in [0.2, 0.25) is 0 Å². The summed E-state index contributed by atoms with van der Waals surface area (Å²) in [5, 5.41) is 0. The van der Waals surface area contributed by atoms with Gasteiger partial charge in [-0.2, -0.15) is 0 Å². The van der Waals surface area contributed by atoms with E-state index in [9.17, 15) is 4.79 Å². The van der Waals surface area contributed by atoms with Gasteiger partial charge >= 0.3 is 0 Å². The molecule has 0 aliphatic rings. The van der Waals surface area contributed by atoms with Crippen LogP contribution in [0.4, 0.5) is 0 Å². The Morgan fingerprint density at radius 2 is 2.20 bits per heavy atom. The van der Waals surface area contributed by atoms with Crippen molar-refractivity contribution in [1.29, 1.82) is 0 Å². The zero-order valence-electron chi connectivity index (χ0n) is 9.05. The van der Waals surface area contributed by atoms with Crippen LogP contribution >= 0.6 is 15.9 Å². The number of carbonyl (C=O) groups excluding carboxylic acids is 1. The van der Waals surface area contributed by atoms with Gasteiger partial charge in [0.25, 0.3) is 0 Å². The van der Waals surface area contributed by atoms with Crippen molar-refractivity contribution in [3.8, 4) is 5.75 Å². The van der Waals surface area contributed by atoms with Gasteiger partial charge < -0.3 is 4.74 Å². The summed E-state index contributed by atoms with van der Waals surface area (Å²) in [5.74, 6) is 0.947. The Morgan fingerprint density at radius 1 is 1.47 bits per heavy atom. The first-order valence-electron chi connectivity index (χ1n) is 5.05. The van der Waals surface area contributed by atoms with Crippen LogP contribution in [0, 0.1) is 0 Å². The lowest BCUT2D eigenvalue weighted by atomic mass is 10.1. The molecule has 0 amide bonds. The molecule has 0 radical (unpaired) electrons. The lowest BCUT2D eigenvalue weighted by molar-refractivity contribution is 0.0979. The maximum atomic E-state index is 11.7. The second-order valence-electron chi connectivity index (χ2n) is 3.38. The highest BCUT2D eigenvalue weighted by atomic mass is 79.9. The third-order valence-electron chi connectivity index (χ3n) is 2.23. The van der Waals surface area contributed by atoms with Gasteiger partial charge in [0.05, 0.1) is 11.6 Å². The summed E-state index contributed by atoms with van der Waals surface area (Å²) >= 11 is 3.37. The van der Waals surface area contributed by atoms with Gasteiger partial charge in [0, 0.05) is 12.0 Å². The summed E-state index contributed by atoms with van der Waals surface area (Å²) in [7, 11) is 1.61. The molecule has 0 saturated heterocycles. The topological polar surface area (TPSA) is 26.3 Å². The van der Waals surface area contributed by atoms with Gasteiger partial charge in [-0.05, 0) is 40.5 Å². The zero-order valence-corrected chi connectivity index (χ0v) is 10.6. The highest BCUT2D eigenvalue weighted by Gasteiger charge is 2.07. The lowest BCUT2D eigenvalue weighted by Gasteiger charge is -2.05. The van der Waals surface area contributed by atoms with Crippen LogP contribution in [0.25, 0.3) is 0 Å². The Morgan fingerprint density at radius 3 is 2.73 bits per heavy atom. The number of halogens is 1. The largest absolute Gasteiger partial charge is 0.496 e. The lowest BCUT2D eigenvalue weighted by Crippen LogP contribution is -1.99. The van der Waals surface area contributed by atoms with Crippen molar-refractivity contribution in [1.82, 2.24) is 0 Å². The Labute approximate surface area is 98.8 Å². The molecule has 0 aromatic heterocycles. The number of methoxy groups -OCH3 is 1. The van der Waals surface area contributed by atoms with E-state index in [1.165, 1.54) is 0 Å². The minimum Gasteiger partial charge on any atom is -0.496 e. The van der Waals surface area contributed by atoms with E-state index in [1.807, 2.05) is 18.2 Å². The molecule has 0 spiro atoms.